The first-order chi connectivity index (χ1) is 20.7. The number of carbonyl (C=O) groups is 1. The van der Waals surface area contributed by atoms with Crippen molar-refractivity contribution in [3.05, 3.63) is 24.3 Å². The minimum atomic E-state index is -0.0959. The summed E-state index contributed by atoms with van der Waals surface area (Å²) in [5, 5.41) is 2.72. The van der Waals surface area contributed by atoms with Gasteiger partial charge in [-0.2, -0.15) is 0 Å². The van der Waals surface area contributed by atoms with Gasteiger partial charge in [0.25, 0.3) is 0 Å². The molecule has 244 valence electrons. The van der Waals surface area contributed by atoms with Crippen molar-refractivity contribution in [1.82, 2.24) is 0 Å². The molecular formula is C34H61NO7. The number of unbranched alkanes of at least 4 members (excludes halogenated alkanes) is 13. The zero-order chi connectivity index (χ0) is 30.2. The van der Waals surface area contributed by atoms with Crippen LogP contribution >= 0.6 is 0 Å². The summed E-state index contributed by atoms with van der Waals surface area (Å²) in [4.78, 5) is 11.0. The normalized spacial score (nSPS) is 11.2. The quantitative estimate of drug-likeness (QED) is 0.0859. The molecule has 0 saturated carbocycles. The lowest BCUT2D eigenvalue weighted by Crippen LogP contribution is -2.14. The summed E-state index contributed by atoms with van der Waals surface area (Å²) >= 11 is 0. The van der Waals surface area contributed by atoms with Gasteiger partial charge in [-0.3, -0.25) is 4.79 Å². The van der Waals surface area contributed by atoms with Gasteiger partial charge in [0.2, 0.25) is 5.91 Å². The lowest BCUT2D eigenvalue weighted by molar-refractivity contribution is -0.114. The number of anilines is 1. The Balaban J connectivity index is 1.68. The van der Waals surface area contributed by atoms with Crippen LogP contribution in [-0.4, -0.2) is 78.6 Å². The Labute approximate surface area is 256 Å². The van der Waals surface area contributed by atoms with Gasteiger partial charge in [-0.05, 0) is 30.7 Å². The Morgan fingerprint density at radius 3 is 1.26 bits per heavy atom. The van der Waals surface area contributed by atoms with Crippen LogP contribution < -0.4 is 10.1 Å². The van der Waals surface area contributed by atoms with E-state index in [1.165, 1.54) is 90.4 Å². The zero-order valence-electron chi connectivity index (χ0n) is 26.8. The molecule has 0 fully saturated rings. The highest BCUT2D eigenvalue weighted by molar-refractivity contribution is 5.88. The van der Waals surface area contributed by atoms with Gasteiger partial charge in [0.1, 0.15) is 12.4 Å². The van der Waals surface area contributed by atoms with E-state index in [-0.39, 0.29) is 5.91 Å². The van der Waals surface area contributed by atoms with E-state index in [0.29, 0.717) is 66.1 Å². The van der Waals surface area contributed by atoms with Crippen molar-refractivity contribution in [2.24, 2.45) is 0 Å². The number of amides is 1. The lowest BCUT2D eigenvalue weighted by Gasteiger charge is -2.09. The van der Waals surface area contributed by atoms with E-state index in [1.54, 1.807) is 12.1 Å². The number of rotatable bonds is 32. The highest BCUT2D eigenvalue weighted by Crippen LogP contribution is 2.15. The van der Waals surface area contributed by atoms with Gasteiger partial charge in [-0.15, -0.1) is 0 Å². The molecule has 42 heavy (non-hydrogen) atoms. The SMILES string of the molecule is CCCCCCCCCCCCCCCCOCCOCCOCCOCCOCCOc1ccc(NC(C)=O)cc1. The maximum absolute atomic E-state index is 11.0. The molecule has 0 aliphatic carbocycles. The summed E-state index contributed by atoms with van der Waals surface area (Å²) < 4.78 is 33.4. The van der Waals surface area contributed by atoms with Crippen LogP contribution in [0.4, 0.5) is 5.69 Å². The number of hydrogen-bond acceptors (Lipinski definition) is 7. The van der Waals surface area contributed by atoms with E-state index in [1.807, 2.05) is 12.1 Å². The first-order valence-corrected chi connectivity index (χ1v) is 16.6. The van der Waals surface area contributed by atoms with Crippen LogP contribution in [-0.2, 0) is 28.5 Å². The molecule has 1 amide bonds. The predicted molar refractivity (Wildman–Crippen MR) is 171 cm³/mol. The minimum absolute atomic E-state index is 0.0959. The molecule has 0 aliphatic rings. The number of ether oxygens (including phenoxy) is 6. The van der Waals surface area contributed by atoms with Gasteiger partial charge in [0.05, 0.1) is 59.5 Å². The molecule has 0 radical (unpaired) electrons. The van der Waals surface area contributed by atoms with Crippen molar-refractivity contribution in [2.75, 3.05) is 78.0 Å². The van der Waals surface area contributed by atoms with E-state index < -0.39 is 0 Å². The van der Waals surface area contributed by atoms with Gasteiger partial charge in [0.15, 0.2) is 0 Å². The summed E-state index contributed by atoms with van der Waals surface area (Å²) in [6.07, 6.45) is 19.3. The summed E-state index contributed by atoms with van der Waals surface area (Å²) in [6, 6.07) is 7.23. The van der Waals surface area contributed by atoms with Crippen LogP contribution in [0.5, 0.6) is 5.75 Å². The molecule has 0 unspecified atom stereocenters. The van der Waals surface area contributed by atoms with Crippen molar-refractivity contribution in [3.63, 3.8) is 0 Å². The second kappa shape index (κ2) is 30.7. The second-order valence-electron chi connectivity index (χ2n) is 10.7. The molecule has 0 aromatic heterocycles. The molecule has 0 spiro atoms. The molecule has 1 aromatic rings. The topological polar surface area (TPSA) is 84.5 Å². The highest BCUT2D eigenvalue weighted by Gasteiger charge is 1.99. The predicted octanol–water partition coefficient (Wildman–Crippen LogP) is 7.59. The molecule has 0 aliphatic heterocycles. The van der Waals surface area contributed by atoms with E-state index in [9.17, 15) is 4.79 Å². The first kappa shape index (κ1) is 38.3. The number of hydrogen-bond donors (Lipinski definition) is 1. The largest absolute Gasteiger partial charge is 0.491 e. The molecule has 0 bridgehead atoms. The van der Waals surface area contributed by atoms with Crippen molar-refractivity contribution < 1.29 is 33.2 Å². The molecule has 1 N–H and O–H groups in total. The Bertz CT molecular complexity index is 702. The Kier molecular flexibility index (Phi) is 28.0. The third kappa shape index (κ3) is 27.1. The molecule has 8 nitrogen and oxygen atoms in total. The van der Waals surface area contributed by atoms with Gasteiger partial charge in [0, 0.05) is 19.2 Å². The average molecular weight is 596 g/mol. The van der Waals surface area contributed by atoms with Crippen LogP contribution in [0, 0.1) is 0 Å². The minimum Gasteiger partial charge on any atom is -0.491 e. The summed E-state index contributed by atoms with van der Waals surface area (Å²) in [6.45, 7) is 10.0. The van der Waals surface area contributed by atoms with Gasteiger partial charge in [-0.1, -0.05) is 90.4 Å². The zero-order valence-corrected chi connectivity index (χ0v) is 26.8. The number of benzene rings is 1. The Hall–Kier alpha value is -1.71. The Morgan fingerprint density at radius 2 is 0.857 bits per heavy atom. The molecule has 0 heterocycles. The standard InChI is InChI=1S/C34H61NO7/c1-3-4-5-6-7-8-9-10-11-12-13-14-15-16-21-37-22-23-38-24-25-39-26-27-40-28-29-41-30-31-42-34-19-17-33(18-20-34)35-32(2)36/h17-20H,3-16,21-31H2,1-2H3,(H,35,36). The average Bonchev–Trinajstić information content (AvgIpc) is 2.98. The third-order valence-corrected chi connectivity index (χ3v) is 6.80. The van der Waals surface area contributed by atoms with E-state index in [2.05, 4.69) is 12.2 Å². The van der Waals surface area contributed by atoms with Crippen LogP contribution in [0.1, 0.15) is 104 Å². The lowest BCUT2D eigenvalue weighted by atomic mass is 10.0. The first-order valence-electron chi connectivity index (χ1n) is 16.6. The second-order valence-corrected chi connectivity index (χ2v) is 10.7. The van der Waals surface area contributed by atoms with E-state index >= 15 is 0 Å². The van der Waals surface area contributed by atoms with E-state index in [0.717, 1.165) is 24.5 Å². The van der Waals surface area contributed by atoms with Gasteiger partial charge in [-0.25, -0.2) is 0 Å². The highest BCUT2D eigenvalue weighted by atomic mass is 16.6. The van der Waals surface area contributed by atoms with Crippen LogP contribution in [0.15, 0.2) is 24.3 Å². The summed E-state index contributed by atoms with van der Waals surface area (Å²) in [5.41, 5.74) is 0.745. The maximum atomic E-state index is 11.0. The molecule has 0 atom stereocenters. The molecule has 1 aromatic carbocycles. The summed E-state index contributed by atoms with van der Waals surface area (Å²) in [5.74, 6) is 0.638. The van der Waals surface area contributed by atoms with E-state index in [4.69, 9.17) is 28.4 Å². The van der Waals surface area contributed by atoms with Crippen LogP contribution in [0.2, 0.25) is 0 Å². The number of carbonyl (C=O) groups excluding carboxylic acids is 1. The van der Waals surface area contributed by atoms with Crippen LogP contribution in [0.3, 0.4) is 0 Å². The van der Waals surface area contributed by atoms with Crippen molar-refractivity contribution in [2.45, 2.75) is 104 Å². The Morgan fingerprint density at radius 1 is 0.500 bits per heavy atom. The fraction of sp³-hybridized carbons (Fsp3) is 0.794. The molecule has 8 heteroatoms. The molecular weight excluding hydrogens is 534 g/mol. The molecule has 1 rings (SSSR count). The van der Waals surface area contributed by atoms with Gasteiger partial charge >= 0.3 is 0 Å². The maximum Gasteiger partial charge on any atom is 0.221 e. The molecule has 0 saturated heterocycles. The smallest absolute Gasteiger partial charge is 0.221 e. The number of nitrogens with one attached hydrogen (secondary N) is 1. The summed E-state index contributed by atoms with van der Waals surface area (Å²) in [7, 11) is 0. The van der Waals surface area contributed by atoms with Crippen molar-refractivity contribution in [1.29, 1.82) is 0 Å². The van der Waals surface area contributed by atoms with Crippen molar-refractivity contribution in [3.8, 4) is 5.75 Å². The van der Waals surface area contributed by atoms with Gasteiger partial charge < -0.3 is 33.7 Å². The monoisotopic (exact) mass is 595 g/mol. The third-order valence-electron chi connectivity index (χ3n) is 6.80. The van der Waals surface area contributed by atoms with Crippen LogP contribution in [0.25, 0.3) is 0 Å². The fourth-order valence-corrected chi connectivity index (χ4v) is 4.44. The fourth-order valence-electron chi connectivity index (χ4n) is 4.44. The van der Waals surface area contributed by atoms with Crippen molar-refractivity contribution >= 4 is 11.6 Å².